The molecule has 2 heterocycles. The highest BCUT2D eigenvalue weighted by Crippen LogP contribution is 2.23. The summed E-state index contributed by atoms with van der Waals surface area (Å²) in [6.45, 7) is 0.693. The maximum atomic E-state index is 12.4. The van der Waals surface area contributed by atoms with Crippen molar-refractivity contribution in [2.45, 2.75) is 12.8 Å². The van der Waals surface area contributed by atoms with Gasteiger partial charge in [0.1, 0.15) is 12.2 Å². The molecule has 0 spiro atoms. The maximum Gasteiger partial charge on any atom is 0.322 e. The fourth-order valence-electron chi connectivity index (χ4n) is 3.13. The van der Waals surface area contributed by atoms with Crippen LogP contribution in [0.25, 0.3) is 0 Å². The van der Waals surface area contributed by atoms with E-state index in [4.69, 9.17) is 0 Å². The van der Waals surface area contributed by atoms with E-state index in [1.807, 2.05) is 0 Å². The van der Waals surface area contributed by atoms with Gasteiger partial charge in [0.25, 0.3) is 5.69 Å². The molecule has 148 valence electrons. The normalized spacial score (nSPS) is 17.1. The van der Waals surface area contributed by atoms with E-state index in [2.05, 4.69) is 5.32 Å². The van der Waals surface area contributed by atoms with Crippen molar-refractivity contribution in [3.05, 3.63) is 34.4 Å². The van der Waals surface area contributed by atoms with Crippen LogP contribution in [-0.2, 0) is 14.4 Å². The Morgan fingerprint density at radius 1 is 1.00 bits per heavy atom. The van der Waals surface area contributed by atoms with E-state index in [-0.39, 0.29) is 74.7 Å². The number of carbonyl (C=O) groups excluding carboxylic acids is 4. The summed E-state index contributed by atoms with van der Waals surface area (Å²) >= 11 is 0. The second-order valence-corrected chi connectivity index (χ2v) is 6.45. The predicted octanol–water partition coefficient (Wildman–Crippen LogP) is 0.420. The fourth-order valence-corrected chi connectivity index (χ4v) is 3.13. The van der Waals surface area contributed by atoms with Gasteiger partial charge in [0.15, 0.2) is 0 Å². The summed E-state index contributed by atoms with van der Waals surface area (Å²) in [6.07, 6.45) is 0.261. The van der Waals surface area contributed by atoms with Crippen LogP contribution in [0.2, 0.25) is 0 Å². The van der Waals surface area contributed by atoms with Gasteiger partial charge in [-0.2, -0.15) is 0 Å². The molecule has 5 amide bonds. The van der Waals surface area contributed by atoms with Crippen molar-refractivity contribution in [3.8, 4) is 0 Å². The van der Waals surface area contributed by atoms with Crippen LogP contribution < -0.4 is 5.32 Å². The van der Waals surface area contributed by atoms with Crippen molar-refractivity contribution >= 4 is 35.1 Å². The van der Waals surface area contributed by atoms with Gasteiger partial charge in [-0.15, -0.1) is 0 Å². The Kier molecular flexibility index (Phi) is 5.52. The zero-order valence-electron chi connectivity index (χ0n) is 15.0. The third kappa shape index (κ3) is 4.08. The molecule has 1 aromatic rings. The summed E-state index contributed by atoms with van der Waals surface area (Å²) in [7, 11) is 0. The van der Waals surface area contributed by atoms with E-state index >= 15 is 0 Å². The molecule has 0 atom stereocenters. The first-order valence-corrected chi connectivity index (χ1v) is 8.77. The number of nitrogens with zero attached hydrogens (tertiary/aromatic N) is 4. The van der Waals surface area contributed by atoms with Crippen molar-refractivity contribution < 1.29 is 24.1 Å². The molecule has 0 bridgehead atoms. The quantitative estimate of drug-likeness (QED) is 0.451. The lowest BCUT2D eigenvalue weighted by molar-refractivity contribution is -0.383. The van der Waals surface area contributed by atoms with E-state index in [1.165, 1.54) is 28.0 Å². The molecule has 0 aliphatic carbocycles. The molecule has 1 N–H and O–H groups in total. The van der Waals surface area contributed by atoms with Gasteiger partial charge in [-0.1, -0.05) is 12.1 Å². The average Bonchev–Trinajstić information content (AvgIpc) is 3.00. The summed E-state index contributed by atoms with van der Waals surface area (Å²) in [5.74, 6) is -1.04. The number of hydrogen-bond acceptors (Lipinski definition) is 6. The molecule has 0 unspecified atom stereocenters. The van der Waals surface area contributed by atoms with Crippen molar-refractivity contribution in [1.82, 2.24) is 14.7 Å². The minimum Gasteiger partial charge on any atom is -0.338 e. The van der Waals surface area contributed by atoms with E-state index in [9.17, 15) is 29.3 Å². The molecule has 2 aliphatic rings. The summed E-state index contributed by atoms with van der Waals surface area (Å²) in [4.78, 5) is 62.3. The molecule has 11 nitrogen and oxygen atoms in total. The van der Waals surface area contributed by atoms with Crippen LogP contribution in [0.3, 0.4) is 0 Å². The van der Waals surface area contributed by atoms with Crippen LogP contribution in [0, 0.1) is 10.1 Å². The minimum atomic E-state index is -0.576. The standard InChI is InChI=1S/C17H19N5O6/c23-14-5-6-15(24)21(14)11-16(25)19-7-9-20(10-8-19)17(26)18-12-3-1-2-4-13(12)22(27)28/h1-4H,5-11H2,(H,18,26). The highest BCUT2D eigenvalue weighted by molar-refractivity contribution is 6.04. The average molecular weight is 389 g/mol. The van der Waals surface area contributed by atoms with Crippen molar-refractivity contribution in [3.63, 3.8) is 0 Å². The van der Waals surface area contributed by atoms with Gasteiger partial charge < -0.3 is 15.1 Å². The van der Waals surface area contributed by atoms with E-state index in [1.54, 1.807) is 6.07 Å². The first-order chi connectivity index (χ1) is 13.4. The topological polar surface area (TPSA) is 133 Å². The van der Waals surface area contributed by atoms with Crippen LogP contribution >= 0.6 is 0 Å². The Morgan fingerprint density at radius 3 is 2.18 bits per heavy atom. The second-order valence-electron chi connectivity index (χ2n) is 6.45. The molecule has 0 aromatic heterocycles. The first kappa shape index (κ1) is 19.3. The Labute approximate surface area is 160 Å². The van der Waals surface area contributed by atoms with Crippen molar-refractivity contribution in [2.24, 2.45) is 0 Å². The Morgan fingerprint density at radius 2 is 1.57 bits per heavy atom. The molecular weight excluding hydrogens is 370 g/mol. The molecule has 11 heteroatoms. The van der Waals surface area contributed by atoms with Crippen molar-refractivity contribution in [1.29, 1.82) is 0 Å². The van der Waals surface area contributed by atoms with Gasteiger partial charge in [0, 0.05) is 45.1 Å². The van der Waals surface area contributed by atoms with E-state index in [0.29, 0.717) is 0 Å². The predicted molar refractivity (Wildman–Crippen MR) is 96.2 cm³/mol. The molecule has 28 heavy (non-hydrogen) atoms. The largest absolute Gasteiger partial charge is 0.338 e. The van der Waals surface area contributed by atoms with E-state index < -0.39 is 11.0 Å². The number of likely N-dealkylation sites (tertiary alicyclic amines) is 1. The highest BCUT2D eigenvalue weighted by Gasteiger charge is 2.33. The Balaban J connectivity index is 1.53. The number of anilines is 1. The number of amides is 5. The second kappa shape index (κ2) is 8.03. The molecule has 0 radical (unpaired) electrons. The fraction of sp³-hybridized carbons (Fsp3) is 0.412. The SMILES string of the molecule is O=C(CN1C(=O)CCC1=O)N1CCN(C(=O)Nc2ccccc2[N+](=O)[O-])CC1. The molecule has 2 fully saturated rings. The number of benzene rings is 1. The molecule has 3 rings (SSSR count). The first-order valence-electron chi connectivity index (χ1n) is 8.77. The van der Waals surface area contributed by atoms with Crippen molar-refractivity contribution in [2.75, 3.05) is 38.0 Å². The lowest BCUT2D eigenvalue weighted by atomic mass is 10.2. The molecule has 2 saturated heterocycles. The summed E-state index contributed by atoms with van der Waals surface area (Å²) in [5, 5.41) is 13.6. The van der Waals surface area contributed by atoms with Crippen LogP contribution in [0.15, 0.2) is 24.3 Å². The van der Waals surface area contributed by atoms with Gasteiger partial charge in [0.05, 0.1) is 4.92 Å². The molecule has 0 saturated carbocycles. The van der Waals surface area contributed by atoms with Crippen LogP contribution in [0.4, 0.5) is 16.2 Å². The molecule has 1 aromatic carbocycles. The number of imide groups is 1. The Bertz CT molecular complexity index is 817. The zero-order chi connectivity index (χ0) is 20.3. The number of nitrogens with one attached hydrogen (secondary N) is 1. The van der Waals surface area contributed by atoms with E-state index in [0.717, 1.165) is 4.90 Å². The lowest BCUT2D eigenvalue weighted by Crippen LogP contribution is -2.53. The van der Waals surface area contributed by atoms with Crippen LogP contribution in [0.5, 0.6) is 0 Å². The number of para-hydroxylation sites is 2. The third-order valence-electron chi connectivity index (χ3n) is 4.71. The summed E-state index contributed by atoms with van der Waals surface area (Å²) < 4.78 is 0. The number of nitro benzene ring substituents is 1. The lowest BCUT2D eigenvalue weighted by Gasteiger charge is -2.35. The number of nitro groups is 1. The molecular formula is C17H19N5O6. The van der Waals surface area contributed by atoms with Crippen LogP contribution in [0.1, 0.15) is 12.8 Å². The number of piperazine rings is 1. The zero-order valence-corrected chi connectivity index (χ0v) is 15.0. The maximum absolute atomic E-state index is 12.4. The summed E-state index contributed by atoms with van der Waals surface area (Å²) in [6, 6.07) is 5.34. The van der Waals surface area contributed by atoms with Gasteiger partial charge in [0.2, 0.25) is 17.7 Å². The highest BCUT2D eigenvalue weighted by atomic mass is 16.6. The molecule has 2 aliphatic heterocycles. The Hall–Kier alpha value is -3.50. The smallest absolute Gasteiger partial charge is 0.322 e. The summed E-state index contributed by atoms with van der Waals surface area (Å²) in [5.41, 5.74) is -0.105. The van der Waals surface area contributed by atoms with Gasteiger partial charge >= 0.3 is 6.03 Å². The minimum absolute atomic E-state index is 0.0991. The third-order valence-corrected chi connectivity index (χ3v) is 4.71. The number of hydrogen-bond donors (Lipinski definition) is 1. The van der Waals surface area contributed by atoms with Gasteiger partial charge in [-0.05, 0) is 6.07 Å². The number of urea groups is 1. The van der Waals surface area contributed by atoms with Gasteiger partial charge in [-0.3, -0.25) is 29.4 Å². The number of rotatable bonds is 4. The monoisotopic (exact) mass is 389 g/mol. The number of carbonyl (C=O) groups is 4. The van der Waals surface area contributed by atoms with Crippen LogP contribution in [-0.4, -0.2) is 76.1 Å². The van der Waals surface area contributed by atoms with Gasteiger partial charge in [-0.25, -0.2) is 4.79 Å².